The second kappa shape index (κ2) is 6.11. The summed E-state index contributed by atoms with van der Waals surface area (Å²) >= 11 is 1.56. The van der Waals surface area contributed by atoms with Crippen molar-refractivity contribution in [3.63, 3.8) is 0 Å². The van der Waals surface area contributed by atoms with E-state index in [1.165, 1.54) is 0 Å². The number of anilines is 1. The van der Waals surface area contributed by atoms with E-state index >= 15 is 0 Å². The molecule has 1 N–H and O–H groups in total. The average Bonchev–Trinajstić information content (AvgIpc) is 3.17. The van der Waals surface area contributed by atoms with E-state index in [4.69, 9.17) is 4.52 Å². The molecule has 4 rings (SSSR count). The highest BCUT2D eigenvalue weighted by atomic mass is 32.1. The first kappa shape index (κ1) is 16.0. The van der Waals surface area contributed by atoms with Crippen LogP contribution in [0.15, 0.2) is 28.8 Å². The SMILES string of the molecule is Cc1cc(C)cc(C(=O)Nc2cc(-c3noc(C4CC4)n3)sc2C)c1. The predicted molar refractivity (Wildman–Crippen MR) is 98.2 cm³/mol. The summed E-state index contributed by atoms with van der Waals surface area (Å²) in [5.74, 6) is 1.65. The van der Waals surface area contributed by atoms with Crippen LogP contribution in [0.25, 0.3) is 10.7 Å². The molecular weight excluding hydrogens is 334 g/mol. The van der Waals surface area contributed by atoms with Crippen molar-refractivity contribution < 1.29 is 9.32 Å². The van der Waals surface area contributed by atoms with Gasteiger partial charge in [-0.25, -0.2) is 0 Å². The van der Waals surface area contributed by atoms with Crippen molar-refractivity contribution in [2.45, 2.75) is 39.5 Å². The molecule has 1 fully saturated rings. The van der Waals surface area contributed by atoms with Crippen molar-refractivity contribution in [3.05, 3.63) is 51.7 Å². The number of nitrogens with zero attached hydrogens (tertiary/aromatic N) is 2. The Labute approximate surface area is 150 Å². The number of thiophene rings is 1. The molecule has 0 spiro atoms. The Hall–Kier alpha value is -2.47. The molecule has 2 heterocycles. The Bertz CT molecular complexity index is 933. The van der Waals surface area contributed by atoms with Gasteiger partial charge >= 0.3 is 0 Å². The normalized spacial score (nSPS) is 13.9. The zero-order chi connectivity index (χ0) is 17.6. The summed E-state index contributed by atoms with van der Waals surface area (Å²) < 4.78 is 5.33. The Kier molecular flexibility index (Phi) is 3.92. The fraction of sp³-hybridized carbons (Fsp3) is 0.316. The van der Waals surface area contributed by atoms with Gasteiger partial charge in [0, 0.05) is 16.4 Å². The van der Waals surface area contributed by atoms with Gasteiger partial charge in [0.15, 0.2) is 0 Å². The molecule has 2 aromatic heterocycles. The third-order valence-corrected chi connectivity index (χ3v) is 5.29. The largest absolute Gasteiger partial charge is 0.339 e. The molecule has 25 heavy (non-hydrogen) atoms. The number of rotatable bonds is 4. The van der Waals surface area contributed by atoms with Gasteiger partial charge in [0.25, 0.3) is 5.91 Å². The topological polar surface area (TPSA) is 68.0 Å². The van der Waals surface area contributed by atoms with Crippen molar-refractivity contribution in [1.82, 2.24) is 10.1 Å². The van der Waals surface area contributed by atoms with Crippen LogP contribution < -0.4 is 5.32 Å². The third kappa shape index (κ3) is 3.35. The molecule has 0 radical (unpaired) electrons. The van der Waals surface area contributed by atoms with Crippen LogP contribution in [0.2, 0.25) is 0 Å². The summed E-state index contributed by atoms with van der Waals surface area (Å²) in [6.07, 6.45) is 2.25. The lowest BCUT2D eigenvalue weighted by Crippen LogP contribution is -2.12. The van der Waals surface area contributed by atoms with Crippen molar-refractivity contribution in [2.75, 3.05) is 5.32 Å². The highest BCUT2D eigenvalue weighted by Gasteiger charge is 2.30. The predicted octanol–water partition coefficient (Wildman–Crippen LogP) is 4.85. The van der Waals surface area contributed by atoms with Crippen LogP contribution in [0.5, 0.6) is 0 Å². The van der Waals surface area contributed by atoms with Gasteiger partial charge in [0.05, 0.1) is 10.6 Å². The van der Waals surface area contributed by atoms with Crippen LogP contribution in [0.1, 0.15) is 51.0 Å². The zero-order valence-corrected chi connectivity index (χ0v) is 15.2. The highest BCUT2D eigenvalue weighted by Crippen LogP contribution is 2.40. The molecule has 0 aliphatic heterocycles. The number of hydrogen-bond donors (Lipinski definition) is 1. The van der Waals surface area contributed by atoms with Crippen LogP contribution in [0.3, 0.4) is 0 Å². The number of carbonyl (C=O) groups excluding carboxylic acids is 1. The van der Waals surface area contributed by atoms with Gasteiger partial charge in [-0.1, -0.05) is 22.3 Å². The molecule has 0 unspecified atom stereocenters. The number of amides is 1. The molecule has 128 valence electrons. The fourth-order valence-corrected chi connectivity index (χ4v) is 3.75. The van der Waals surface area contributed by atoms with E-state index in [9.17, 15) is 4.79 Å². The summed E-state index contributed by atoms with van der Waals surface area (Å²) in [4.78, 5) is 19.0. The zero-order valence-electron chi connectivity index (χ0n) is 14.4. The monoisotopic (exact) mass is 353 g/mol. The first-order valence-corrected chi connectivity index (χ1v) is 9.15. The van der Waals surface area contributed by atoms with E-state index in [1.54, 1.807) is 11.3 Å². The van der Waals surface area contributed by atoms with Crippen LogP contribution in [-0.2, 0) is 0 Å². The lowest BCUT2D eigenvalue weighted by atomic mass is 10.1. The molecule has 1 aliphatic rings. The van der Waals surface area contributed by atoms with E-state index in [0.29, 0.717) is 17.3 Å². The van der Waals surface area contributed by atoms with E-state index in [1.807, 2.05) is 39.0 Å². The number of nitrogens with one attached hydrogen (secondary N) is 1. The van der Waals surface area contributed by atoms with Gasteiger partial charge in [-0.05, 0) is 51.8 Å². The smallest absolute Gasteiger partial charge is 0.255 e. The van der Waals surface area contributed by atoms with Gasteiger partial charge in [-0.2, -0.15) is 4.98 Å². The highest BCUT2D eigenvalue weighted by molar-refractivity contribution is 7.16. The van der Waals surface area contributed by atoms with Crippen LogP contribution >= 0.6 is 11.3 Å². The Morgan fingerprint density at radius 3 is 2.56 bits per heavy atom. The minimum absolute atomic E-state index is 0.106. The number of carbonyl (C=O) groups is 1. The lowest BCUT2D eigenvalue weighted by molar-refractivity contribution is 0.102. The van der Waals surface area contributed by atoms with Gasteiger partial charge in [-0.3, -0.25) is 4.79 Å². The number of benzene rings is 1. The molecule has 3 aromatic rings. The van der Waals surface area contributed by atoms with E-state index in [-0.39, 0.29) is 5.91 Å². The molecule has 0 atom stereocenters. The summed E-state index contributed by atoms with van der Waals surface area (Å²) in [5, 5.41) is 7.07. The number of hydrogen-bond acceptors (Lipinski definition) is 5. The van der Waals surface area contributed by atoms with Gasteiger partial charge in [0.2, 0.25) is 11.7 Å². The van der Waals surface area contributed by atoms with E-state index in [0.717, 1.165) is 45.3 Å². The maximum atomic E-state index is 12.6. The minimum atomic E-state index is -0.106. The van der Waals surface area contributed by atoms with Crippen molar-refractivity contribution in [2.24, 2.45) is 0 Å². The molecule has 6 heteroatoms. The van der Waals surface area contributed by atoms with Gasteiger partial charge in [-0.15, -0.1) is 11.3 Å². The summed E-state index contributed by atoms with van der Waals surface area (Å²) in [5.41, 5.74) is 3.61. The first-order valence-electron chi connectivity index (χ1n) is 8.33. The van der Waals surface area contributed by atoms with E-state index < -0.39 is 0 Å². The average molecular weight is 353 g/mol. The number of aryl methyl sites for hydroxylation is 3. The molecular formula is C19H19N3O2S. The molecule has 5 nitrogen and oxygen atoms in total. The van der Waals surface area contributed by atoms with Gasteiger partial charge < -0.3 is 9.84 Å². The standard InChI is InChI=1S/C19H19N3O2S/c1-10-6-11(2)8-14(7-10)18(23)20-15-9-16(25-12(15)3)17-21-19(24-22-17)13-4-5-13/h6-9,13H,4-5H2,1-3H3,(H,20,23). The van der Waals surface area contributed by atoms with Gasteiger partial charge in [0.1, 0.15) is 0 Å². The quantitative estimate of drug-likeness (QED) is 0.728. The van der Waals surface area contributed by atoms with Crippen LogP contribution in [0, 0.1) is 20.8 Å². The molecule has 0 bridgehead atoms. The summed E-state index contributed by atoms with van der Waals surface area (Å²) in [6.45, 7) is 5.96. The Morgan fingerprint density at radius 2 is 1.88 bits per heavy atom. The van der Waals surface area contributed by atoms with Crippen molar-refractivity contribution >= 4 is 22.9 Å². The Balaban J connectivity index is 1.56. The van der Waals surface area contributed by atoms with Crippen LogP contribution in [-0.4, -0.2) is 16.0 Å². The molecule has 1 amide bonds. The summed E-state index contributed by atoms with van der Waals surface area (Å²) in [7, 11) is 0. The van der Waals surface area contributed by atoms with E-state index in [2.05, 4.69) is 21.5 Å². The van der Waals surface area contributed by atoms with Crippen molar-refractivity contribution in [3.8, 4) is 10.7 Å². The third-order valence-electron chi connectivity index (χ3n) is 4.24. The fourth-order valence-electron chi connectivity index (χ4n) is 2.85. The maximum Gasteiger partial charge on any atom is 0.255 e. The molecule has 1 aliphatic carbocycles. The molecule has 1 aromatic carbocycles. The first-order chi connectivity index (χ1) is 12.0. The summed E-state index contributed by atoms with van der Waals surface area (Å²) in [6, 6.07) is 7.76. The Morgan fingerprint density at radius 1 is 1.16 bits per heavy atom. The minimum Gasteiger partial charge on any atom is -0.339 e. The van der Waals surface area contributed by atoms with Crippen molar-refractivity contribution in [1.29, 1.82) is 0 Å². The molecule has 1 saturated carbocycles. The number of aromatic nitrogens is 2. The second-order valence-electron chi connectivity index (χ2n) is 6.64. The lowest BCUT2D eigenvalue weighted by Gasteiger charge is -2.06. The second-order valence-corrected chi connectivity index (χ2v) is 7.90. The maximum absolute atomic E-state index is 12.6. The molecule has 0 saturated heterocycles. The van der Waals surface area contributed by atoms with Crippen LogP contribution in [0.4, 0.5) is 5.69 Å².